The quantitative estimate of drug-likeness (QED) is 0.253. The van der Waals surface area contributed by atoms with Gasteiger partial charge in [0.2, 0.25) is 0 Å². The predicted octanol–water partition coefficient (Wildman–Crippen LogP) is 7.05. The molecule has 1 aliphatic rings. The Kier molecular flexibility index (Phi) is 8.18. The fourth-order valence-electron chi connectivity index (χ4n) is 5.25. The highest BCUT2D eigenvalue weighted by molar-refractivity contribution is 6.32. The second-order valence-electron chi connectivity index (χ2n) is 10.1. The van der Waals surface area contributed by atoms with Gasteiger partial charge in [0.1, 0.15) is 0 Å². The van der Waals surface area contributed by atoms with Gasteiger partial charge in [0.25, 0.3) is 11.8 Å². The number of carbonyl (C=O) groups excluding carboxylic acids is 2. The number of hydrogen-bond acceptors (Lipinski definition) is 2. The first-order valence-electron chi connectivity index (χ1n) is 13.7. The zero-order chi connectivity index (χ0) is 27.4. The molecule has 5 rings (SSSR count). The third-order valence-corrected chi connectivity index (χ3v) is 7.83. The van der Waals surface area contributed by atoms with Crippen molar-refractivity contribution in [3.63, 3.8) is 0 Å². The van der Waals surface area contributed by atoms with Gasteiger partial charge < -0.3 is 14.4 Å². The van der Waals surface area contributed by atoms with E-state index in [-0.39, 0.29) is 11.8 Å². The summed E-state index contributed by atoms with van der Waals surface area (Å²) in [5.41, 5.74) is 6.22. The van der Waals surface area contributed by atoms with E-state index in [2.05, 4.69) is 23.6 Å². The highest BCUT2D eigenvalue weighted by Crippen LogP contribution is 2.33. The lowest BCUT2D eigenvalue weighted by atomic mass is 10.1. The fourth-order valence-corrected chi connectivity index (χ4v) is 5.47. The summed E-state index contributed by atoms with van der Waals surface area (Å²) < 4.78 is 2.06. The maximum absolute atomic E-state index is 13.8. The predicted molar refractivity (Wildman–Crippen MR) is 158 cm³/mol. The molecule has 1 saturated heterocycles. The molecule has 1 fully saturated rings. The third-order valence-electron chi connectivity index (χ3n) is 7.51. The maximum atomic E-state index is 13.8. The minimum atomic E-state index is -0.0251. The summed E-state index contributed by atoms with van der Waals surface area (Å²) in [4.78, 5) is 30.6. The van der Waals surface area contributed by atoms with E-state index in [0.29, 0.717) is 42.3 Å². The number of aryl methyl sites for hydroxylation is 1. The monoisotopic (exact) mass is 539 g/mol. The molecule has 5 nitrogen and oxygen atoms in total. The van der Waals surface area contributed by atoms with Crippen LogP contribution in [-0.4, -0.2) is 52.4 Å². The number of aromatic nitrogens is 1. The maximum Gasteiger partial charge on any atom is 0.255 e. The zero-order valence-corrected chi connectivity index (χ0v) is 23.3. The van der Waals surface area contributed by atoms with Crippen LogP contribution in [0.3, 0.4) is 0 Å². The number of nitrogens with zero attached hydrogens (tertiary/aromatic N) is 3. The first-order valence-corrected chi connectivity index (χ1v) is 14.1. The summed E-state index contributed by atoms with van der Waals surface area (Å²) >= 11 is 6.60. The molecule has 0 saturated carbocycles. The number of rotatable bonds is 7. The van der Waals surface area contributed by atoms with Crippen molar-refractivity contribution in [2.24, 2.45) is 0 Å². The van der Waals surface area contributed by atoms with Gasteiger partial charge in [-0.3, -0.25) is 9.59 Å². The molecule has 0 atom stereocenters. The molecule has 4 aromatic rings. The van der Waals surface area contributed by atoms with Crippen molar-refractivity contribution in [1.82, 2.24) is 14.4 Å². The van der Waals surface area contributed by atoms with Gasteiger partial charge in [-0.15, -0.1) is 0 Å². The number of halogens is 1. The Morgan fingerprint density at radius 3 is 2.05 bits per heavy atom. The second-order valence-corrected chi connectivity index (χ2v) is 10.5. The molecule has 0 spiro atoms. The number of unbranched alkanes of at least 4 members (excludes halogenated alkanes) is 1. The Morgan fingerprint density at radius 2 is 1.41 bits per heavy atom. The Bertz CT molecular complexity index is 1450. The van der Waals surface area contributed by atoms with Gasteiger partial charge >= 0.3 is 0 Å². The Labute approximate surface area is 235 Å². The van der Waals surface area contributed by atoms with Gasteiger partial charge in [-0.2, -0.15) is 0 Å². The van der Waals surface area contributed by atoms with E-state index in [9.17, 15) is 9.59 Å². The Balaban J connectivity index is 1.34. The number of hydrogen-bond donors (Lipinski definition) is 0. The highest BCUT2D eigenvalue weighted by Gasteiger charge is 2.28. The van der Waals surface area contributed by atoms with Crippen LogP contribution in [0.15, 0.2) is 84.9 Å². The molecule has 1 aromatic heterocycles. The lowest BCUT2D eigenvalue weighted by Crippen LogP contribution is -2.50. The summed E-state index contributed by atoms with van der Waals surface area (Å²) in [7, 11) is 0. The van der Waals surface area contributed by atoms with Gasteiger partial charge in [-0.1, -0.05) is 79.5 Å². The molecule has 2 amide bonds. The summed E-state index contributed by atoms with van der Waals surface area (Å²) in [5.74, 6) is -0.000539. The van der Waals surface area contributed by atoms with Crippen LogP contribution in [0.2, 0.25) is 5.02 Å². The largest absolute Gasteiger partial charge is 0.335 e. The van der Waals surface area contributed by atoms with Crippen LogP contribution in [0, 0.1) is 6.92 Å². The van der Waals surface area contributed by atoms with Crippen molar-refractivity contribution < 1.29 is 9.59 Å². The van der Waals surface area contributed by atoms with Gasteiger partial charge in [0, 0.05) is 37.4 Å². The van der Waals surface area contributed by atoms with Crippen LogP contribution in [0.1, 0.15) is 51.7 Å². The van der Waals surface area contributed by atoms with Crippen molar-refractivity contribution >= 4 is 23.4 Å². The van der Waals surface area contributed by atoms with Crippen molar-refractivity contribution in [1.29, 1.82) is 0 Å². The van der Waals surface area contributed by atoms with Gasteiger partial charge in [0.05, 0.1) is 22.0 Å². The van der Waals surface area contributed by atoms with E-state index in [4.69, 9.17) is 11.6 Å². The zero-order valence-electron chi connectivity index (χ0n) is 22.6. The van der Waals surface area contributed by atoms with Crippen molar-refractivity contribution in [3.8, 4) is 16.9 Å². The van der Waals surface area contributed by atoms with Crippen LogP contribution >= 0.6 is 11.6 Å². The first kappa shape index (κ1) is 26.8. The molecule has 1 aliphatic heterocycles. The lowest BCUT2D eigenvalue weighted by Gasteiger charge is -2.35. The number of piperazine rings is 1. The SMILES string of the molecule is CCCCc1ccc(C(=O)N2CCN(C(=O)c3cc(-c4ccccc4)n(-c4ccccc4Cl)c3C)CC2)cc1. The summed E-state index contributed by atoms with van der Waals surface area (Å²) in [6, 6.07) is 27.7. The average Bonchev–Trinajstić information content (AvgIpc) is 3.33. The second kappa shape index (κ2) is 11.9. The molecule has 0 unspecified atom stereocenters. The van der Waals surface area contributed by atoms with Gasteiger partial charge in [-0.25, -0.2) is 0 Å². The summed E-state index contributed by atoms with van der Waals surface area (Å²) in [5, 5.41) is 0.623. The molecule has 0 aliphatic carbocycles. The minimum Gasteiger partial charge on any atom is -0.335 e. The molecule has 200 valence electrons. The van der Waals surface area contributed by atoms with E-state index in [1.165, 1.54) is 5.56 Å². The minimum absolute atomic E-state index is 0.0246. The molecule has 3 aromatic carbocycles. The molecule has 2 heterocycles. The molecular weight excluding hydrogens is 506 g/mol. The van der Waals surface area contributed by atoms with E-state index in [0.717, 1.165) is 41.9 Å². The number of amides is 2. The molecule has 0 N–H and O–H groups in total. The van der Waals surface area contributed by atoms with Crippen LogP contribution in [0.25, 0.3) is 16.9 Å². The molecule has 0 bridgehead atoms. The smallest absolute Gasteiger partial charge is 0.255 e. The van der Waals surface area contributed by atoms with Crippen molar-refractivity contribution in [2.75, 3.05) is 26.2 Å². The van der Waals surface area contributed by atoms with Crippen LogP contribution in [0.5, 0.6) is 0 Å². The van der Waals surface area contributed by atoms with Gasteiger partial charge in [0.15, 0.2) is 0 Å². The van der Waals surface area contributed by atoms with Crippen LogP contribution in [0.4, 0.5) is 0 Å². The number of carbonyl (C=O) groups is 2. The molecular formula is C33H34ClN3O2. The van der Waals surface area contributed by atoms with E-state index in [1.807, 2.05) is 89.5 Å². The van der Waals surface area contributed by atoms with E-state index in [1.54, 1.807) is 0 Å². The first-order chi connectivity index (χ1) is 19.0. The highest BCUT2D eigenvalue weighted by atomic mass is 35.5. The topological polar surface area (TPSA) is 45.6 Å². The van der Waals surface area contributed by atoms with E-state index >= 15 is 0 Å². The van der Waals surface area contributed by atoms with Crippen molar-refractivity contribution in [3.05, 3.63) is 112 Å². The van der Waals surface area contributed by atoms with E-state index < -0.39 is 0 Å². The van der Waals surface area contributed by atoms with Crippen molar-refractivity contribution in [2.45, 2.75) is 33.1 Å². The Hall–Kier alpha value is -3.83. The number of benzene rings is 3. The molecule has 0 radical (unpaired) electrons. The summed E-state index contributed by atoms with van der Waals surface area (Å²) in [6.45, 7) is 6.16. The fraction of sp³-hybridized carbons (Fsp3) is 0.273. The average molecular weight is 540 g/mol. The molecule has 6 heteroatoms. The molecule has 39 heavy (non-hydrogen) atoms. The standard InChI is InChI=1S/C33H34ClN3O2/c1-3-4-10-25-15-17-27(18-16-25)32(38)35-19-21-36(22-20-35)33(39)28-23-31(26-11-6-5-7-12-26)37(24(28)2)30-14-9-8-13-29(30)34/h5-9,11-18,23H,3-4,10,19-22H2,1-2H3. The Morgan fingerprint density at radius 1 is 0.795 bits per heavy atom. The lowest BCUT2D eigenvalue weighted by molar-refractivity contribution is 0.0535. The third kappa shape index (κ3) is 5.64. The number of para-hydroxylation sites is 1. The van der Waals surface area contributed by atoms with Gasteiger partial charge in [-0.05, 0) is 61.2 Å². The normalized spacial score (nSPS) is 13.5. The van der Waals surface area contributed by atoms with Crippen LogP contribution in [-0.2, 0) is 6.42 Å². The van der Waals surface area contributed by atoms with Crippen LogP contribution < -0.4 is 0 Å². The summed E-state index contributed by atoms with van der Waals surface area (Å²) in [6.07, 6.45) is 3.34.